The predicted octanol–water partition coefficient (Wildman–Crippen LogP) is 6.28. The highest BCUT2D eigenvalue weighted by atomic mass is 35.5. The topological polar surface area (TPSA) is 46.5 Å². The lowest BCUT2D eigenvalue weighted by molar-refractivity contribution is -0.137. The van der Waals surface area contributed by atoms with E-state index in [4.69, 9.17) is 21.4 Å². The highest BCUT2D eigenvalue weighted by Gasteiger charge is 2.23. The van der Waals surface area contributed by atoms with E-state index in [-0.39, 0.29) is 6.42 Å². The maximum absolute atomic E-state index is 10.5. The second-order valence-electron chi connectivity index (χ2n) is 6.87. The van der Waals surface area contributed by atoms with E-state index in [1.807, 2.05) is 24.3 Å². The molecule has 0 aliphatic heterocycles. The van der Waals surface area contributed by atoms with E-state index in [1.54, 1.807) is 0 Å². The number of rotatable bonds is 11. The molecular weight excluding hydrogens is 348 g/mol. The molecule has 26 heavy (non-hydrogen) atoms. The number of hydrogen-bond donors (Lipinski definition) is 1. The third kappa shape index (κ3) is 8.09. The third-order valence-corrected chi connectivity index (χ3v) is 5.05. The zero-order chi connectivity index (χ0) is 18.6. The number of carboxylic acid groups (broad SMARTS) is 1. The van der Waals surface area contributed by atoms with Crippen LogP contribution < -0.4 is 4.74 Å². The molecule has 142 valence electrons. The summed E-state index contributed by atoms with van der Waals surface area (Å²) in [5.41, 5.74) is 0. The molecule has 1 aromatic carbocycles. The molecule has 3 nitrogen and oxygen atoms in total. The van der Waals surface area contributed by atoms with E-state index in [0.29, 0.717) is 17.5 Å². The molecule has 1 aliphatic carbocycles. The van der Waals surface area contributed by atoms with Crippen LogP contribution in [0.2, 0.25) is 5.02 Å². The fourth-order valence-electron chi connectivity index (χ4n) is 3.44. The highest BCUT2D eigenvalue weighted by molar-refractivity contribution is 6.30. The normalized spacial score (nSPS) is 20.2. The van der Waals surface area contributed by atoms with Gasteiger partial charge in [0.1, 0.15) is 5.75 Å². The minimum atomic E-state index is -0.710. The van der Waals surface area contributed by atoms with Crippen LogP contribution in [0.15, 0.2) is 48.6 Å². The van der Waals surface area contributed by atoms with E-state index in [1.165, 1.54) is 19.3 Å². The van der Waals surface area contributed by atoms with Gasteiger partial charge in [-0.3, -0.25) is 4.79 Å². The van der Waals surface area contributed by atoms with Crippen molar-refractivity contribution in [3.05, 3.63) is 53.6 Å². The Morgan fingerprint density at radius 1 is 1.23 bits per heavy atom. The van der Waals surface area contributed by atoms with Crippen molar-refractivity contribution in [2.24, 2.45) is 11.8 Å². The summed E-state index contributed by atoms with van der Waals surface area (Å²) in [6.45, 7) is 0.664. The lowest BCUT2D eigenvalue weighted by Gasteiger charge is -2.14. The Labute approximate surface area is 161 Å². The minimum absolute atomic E-state index is 0.260. The first-order valence-electron chi connectivity index (χ1n) is 9.57. The van der Waals surface area contributed by atoms with Gasteiger partial charge in [-0.1, -0.05) is 48.4 Å². The second kappa shape index (κ2) is 11.8. The Balaban J connectivity index is 1.63. The quantitative estimate of drug-likeness (QED) is 0.365. The van der Waals surface area contributed by atoms with Crippen molar-refractivity contribution in [3.63, 3.8) is 0 Å². The molecule has 1 N–H and O–H groups in total. The Bertz CT molecular complexity index is 609. The minimum Gasteiger partial charge on any atom is -0.493 e. The smallest absolute Gasteiger partial charge is 0.303 e. The zero-order valence-corrected chi connectivity index (χ0v) is 16.0. The van der Waals surface area contributed by atoms with Gasteiger partial charge in [0.15, 0.2) is 0 Å². The molecule has 2 rings (SSSR count). The molecule has 1 fully saturated rings. The fraction of sp³-hybridized carbons (Fsp3) is 0.500. The summed E-state index contributed by atoms with van der Waals surface area (Å²) in [5.74, 6) is 1.48. The van der Waals surface area contributed by atoms with Crippen LogP contribution >= 0.6 is 11.6 Å². The standard InChI is InChI=1S/C22H29ClO3/c23-20-13-8-14-21(17-20)26-16-6-5-10-19-12-7-11-18(19)9-3-1-2-4-15-22(24)25/h1,3,5,8,10,13-14,17-19H,2,4,6-7,9,11-12,15-16H2,(H,24,25)/b3-1-,10-5+/t18-,19?/m0/s1. The van der Waals surface area contributed by atoms with Crippen LogP contribution in [0.25, 0.3) is 0 Å². The molecule has 0 radical (unpaired) electrons. The molecule has 0 amide bonds. The summed E-state index contributed by atoms with van der Waals surface area (Å²) >= 11 is 5.94. The summed E-state index contributed by atoms with van der Waals surface area (Å²) < 4.78 is 5.71. The molecule has 2 atom stereocenters. The third-order valence-electron chi connectivity index (χ3n) is 4.82. The molecular formula is C22H29ClO3. The monoisotopic (exact) mass is 376 g/mol. The Hall–Kier alpha value is -1.74. The van der Waals surface area contributed by atoms with E-state index >= 15 is 0 Å². The molecule has 0 spiro atoms. The number of halogens is 1. The van der Waals surface area contributed by atoms with Crippen LogP contribution in [0.5, 0.6) is 5.75 Å². The number of aliphatic carboxylic acids is 1. The summed E-state index contributed by atoms with van der Waals surface area (Å²) in [6, 6.07) is 7.49. The largest absolute Gasteiger partial charge is 0.493 e. The highest BCUT2D eigenvalue weighted by Crippen LogP contribution is 2.35. The first-order chi connectivity index (χ1) is 12.6. The van der Waals surface area contributed by atoms with E-state index in [2.05, 4.69) is 24.3 Å². The van der Waals surface area contributed by atoms with Crippen molar-refractivity contribution in [2.45, 2.75) is 51.4 Å². The van der Waals surface area contributed by atoms with Gasteiger partial charge in [0.25, 0.3) is 0 Å². The summed E-state index contributed by atoms with van der Waals surface area (Å²) in [4.78, 5) is 10.5. The Morgan fingerprint density at radius 3 is 2.92 bits per heavy atom. The van der Waals surface area contributed by atoms with E-state index < -0.39 is 5.97 Å². The van der Waals surface area contributed by atoms with Gasteiger partial charge in [-0.15, -0.1) is 0 Å². The number of carboxylic acids is 1. The van der Waals surface area contributed by atoms with Gasteiger partial charge in [-0.2, -0.15) is 0 Å². The first-order valence-corrected chi connectivity index (χ1v) is 9.95. The van der Waals surface area contributed by atoms with E-state index in [0.717, 1.165) is 37.4 Å². The average Bonchev–Trinajstić information content (AvgIpc) is 3.05. The number of carbonyl (C=O) groups is 1. The van der Waals surface area contributed by atoms with Crippen molar-refractivity contribution >= 4 is 17.6 Å². The van der Waals surface area contributed by atoms with Gasteiger partial charge in [0, 0.05) is 11.4 Å². The van der Waals surface area contributed by atoms with Crippen LogP contribution in [0.1, 0.15) is 51.4 Å². The number of unbranched alkanes of at least 4 members (excludes halogenated alkanes) is 1. The van der Waals surface area contributed by atoms with Crippen LogP contribution in [0, 0.1) is 11.8 Å². The van der Waals surface area contributed by atoms with Gasteiger partial charge >= 0.3 is 5.97 Å². The maximum atomic E-state index is 10.5. The van der Waals surface area contributed by atoms with Gasteiger partial charge in [0.2, 0.25) is 0 Å². The van der Waals surface area contributed by atoms with Crippen LogP contribution in [0.3, 0.4) is 0 Å². The maximum Gasteiger partial charge on any atom is 0.303 e. The summed E-state index contributed by atoms with van der Waals surface area (Å²) in [7, 11) is 0. The van der Waals surface area contributed by atoms with Crippen molar-refractivity contribution in [1.82, 2.24) is 0 Å². The Kier molecular flexibility index (Phi) is 9.33. The number of allylic oxidation sites excluding steroid dienone is 3. The first kappa shape index (κ1) is 20.6. The molecule has 0 bridgehead atoms. The zero-order valence-electron chi connectivity index (χ0n) is 15.3. The predicted molar refractivity (Wildman–Crippen MR) is 107 cm³/mol. The number of hydrogen-bond acceptors (Lipinski definition) is 2. The van der Waals surface area contributed by atoms with Crippen LogP contribution in [-0.2, 0) is 4.79 Å². The van der Waals surface area contributed by atoms with Gasteiger partial charge in [-0.05, 0) is 68.6 Å². The summed E-state index contributed by atoms with van der Waals surface area (Å²) in [5, 5.41) is 9.33. The molecule has 0 aromatic heterocycles. The number of ether oxygens (including phenoxy) is 1. The molecule has 0 heterocycles. The summed E-state index contributed by atoms with van der Waals surface area (Å²) in [6.07, 6.45) is 16.7. The van der Waals surface area contributed by atoms with Crippen molar-refractivity contribution in [1.29, 1.82) is 0 Å². The molecule has 1 aromatic rings. The van der Waals surface area contributed by atoms with Gasteiger partial charge in [-0.25, -0.2) is 0 Å². The Morgan fingerprint density at radius 2 is 2.12 bits per heavy atom. The molecule has 1 unspecified atom stereocenters. The SMILES string of the molecule is O=C(O)CCC/C=C\C[C@H]1CCCC1/C=C/CCOc1cccc(Cl)c1. The lowest BCUT2D eigenvalue weighted by atomic mass is 9.92. The fourth-order valence-corrected chi connectivity index (χ4v) is 3.62. The molecule has 4 heteroatoms. The number of benzene rings is 1. The van der Waals surface area contributed by atoms with Crippen LogP contribution in [0.4, 0.5) is 0 Å². The van der Waals surface area contributed by atoms with Crippen molar-refractivity contribution < 1.29 is 14.6 Å². The van der Waals surface area contributed by atoms with Crippen molar-refractivity contribution in [3.8, 4) is 5.75 Å². The van der Waals surface area contributed by atoms with Gasteiger partial charge < -0.3 is 9.84 Å². The van der Waals surface area contributed by atoms with Gasteiger partial charge in [0.05, 0.1) is 6.61 Å². The second-order valence-corrected chi connectivity index (χ2v) is 7.31. The molecule has 1 saturated carbocycles. The molecule has 1 aliphatic rings. The average molecular weight is 377 g/mol. The molecule has 0 saturated heterocycles. The van der Waals surface area contributed by atoms with E-state index in [9.17, 15) is 4.79 Å². The lowest BCUT2D eigenvalue weighted by Crippen LogP contribution is -2.04. The van der Waals surface area contributed by atoms with Crippen LogP contribution in [-0.4, -0.2) is 17.7 Å². The van der Waals surface area contributed by atoms with Crippen molar-refractivity contribution in [2.75, 3.05) is 6.61 Å².